The topological polar surface area (TPSA) is 30.2 Å². The Labute approximate surface area is 79.6 Å². The number of halogens is 1. The molecule has 0 aromatic carbocycles. The zero-order chi connectivity index (χ0) is 8.97. The predicted molar refractivity (Wildman–Crippen MR) is 52.0 cm³/mol. The minimum Gasteiger partial charge on any atom is -0.234 e. The van der Waals surface area contributed by atoms with Crippen molar-refractivity contribution in [3.63, 3.8) is 0 Å². The molecule has 2 aromatic heterocycles. The van der Waals surface area contributed by atoms with Crippen LogP contribution in [0.1, 0.15) is 13.8 Å². The fraction of sp³-hybridized carbons (Fsp3) is 0.250. The molecule has 0 saturated carbocycles. The van der Waals surface area contributed by atoms with Crippen LogP contribution in [0.25, 0.3) is 5.65 Å². The van der Waals surface area contributed by atoms with Gasteiger partial charge < -0.3 is 0 Å². The summed E-state index contributed by atoms with van der Waals surface area (Å²) in [5.41, 5.74) is 0.856. The SMILES string of the molecule is Brc1cnc2cccnn12.CC. The first-order valence-electron chi connectivity index (χ1n) is 3.82. The second-order valence-electron chi connectivity index (χ2n) is 1.87. The molecule has 2 heterocycles. The average molecular weight is 228 g/mol. The van der Waals surface area contributed by atoms with Crippen molar-refractivity contribution in [2.24, 2.45) is 0 Å². The average Bonchev–Trinajstić information content (AvgIpc) is 2.53. The Morgan fingerprint density at radius 1 is 1.42 bits per heavy atom. The third-order valence-corrected chi connectivity index (χ3v) is 1.78. The molecule has 64 valence electrons. The van der Waals surface area contributed by atoms with Crippen molar-refractivity contribution in [3.8, 4) is 0 Å². The Morgan fingerprint density at radius 2 is 2.17 bits per heavy atom. The van der Waals surface area contributed by atoms with E-state index in [-0.39, 0.29) is 0 Å². The van der Waals surface area contributed by atoms with Crippen LogP contribution in [0.15, 0.2) is 29.1 Å². The summed E-state index contributed by atoms with van der Waals surface area (Å²) in [7, 11) is 0. The number of hydrogen-bond acceptors (Lipinski definition) is 2. The molecule has 0 aliphatic carbocycles. The third-order valence-electron chi connectivity index (χ3n) is 1.24. The second-order valence-corrected chi connectivity index (χ2v) is 2.69. The van der Waals surface area contributed by atoms with Gasteiger partial charge in [-0.15, -0.1) is 0 Å². The number of hydrogen-bond donors (Lipinski definition) is 0. The van der Waals surface area contributed by atoms with Gasteiger partial charge in [0.15, 0.2) is 5.65 Å². The van der Waals surface area contributed by atoms with E-state index in [4.69, 9.17) is 0 Å². The van der Waals surface area contributed by atoms with Crippen molar-refractivity contribution in [3.05, 3.63) is 29.1 Å². The lowest BCUT2D eigenvalue weighted by atomic mass is 10.6. The van der Waals surface area contributed by atoms with Crippen molar-refractivity contribution in [2.45, 2.75) is 13.8 Å². The zero-order valence-corrected chi connectivity index (χ0v) is 8.62. The van der Waals surface area contributed by atoms with E-state index in [0.29, 0.717) is 0 Å². The highest BCUT2D eigenvalue weighted by atomic mass is 79.9. The third kappa shape index (κ3) is 1.64. The van der Waals surface area contributed by atoms with Crippen LogP contribution in [-0.2, 0) is 0 Å². The molecule has 0 fully saturated rings. The van der Waals surface area contributed by atoms with Crippen LogP contribution in [0, 0.1) is 0 Å². The van der Waals surface area contributed by atoms with E-state index in [9.17, 15) is 0 Å². The van der Waals surface area contributed by atoms with Crippen LogP contribution in [0.5, 0.6) is 0 Å². The highest BCUT2D eigenvalue weighted by Crippen LogP contribution is 2.09. The molecule has 0 aliphatic heterocycles. The number of imidazole rings is 1. The molecule has 0 aliphatic rings. The summed E-state index contributed by atoms with van der Waals surface area (Å²) in [5, 5.41) is 4.05. The first-order valence-corrected chi connectivity index (χ1v) is 4.61. The molecule has 0 saturated heterocycles. The zero-order valence-electron chi connectivity index (χ0n) is 7.03. The van der Waals surface area contributed by atoms with Crippen molar-refractivity contribution in [1.82, 2.24) is 14.6 Å². The Kier molecular flexibility index (Phi) is 3.22. The number of aromatic nitrogens is 3. The van der Waals surface area contributed by atoms with E-state index in [1.165, 1.54) is 0 Å². The van der Waals surface area contributed by atoms with Crippen molar-refractivity contribution in [2.75, 3.05) is 0 Å². The molecule has 2 aromatic rings. The standard InChI is InChI=1S/C6H4BrN3.C2H6/c7-5-4-8-6-2-1-3-9-10(5)6;1-2/h1-4H;1-2H3. The number of nitrogens with zero attached hydrogens (tertiary/aromatic N) is 3. The van der Waals surface area contributed by atoms with E-state index in [1.807, 2.05) is 26.0 Å². The van der Waals surface area contributed by atoms with Gasteiger partial charge in [-0.05, 0) is 28.1 Å². The van der Waals surface area contributed by atoms with Gasteiger partial charge in [0.2, 0.25) is 0 Å². The van der Waals surface area contributed by atoms with Crippen LogP contribution in [0.4, 0.5) is 0 Å². The van der Waals surface area contributed by atoms with Gasteiger partial charge in [-0.2, -0.15) is 5.10 Å². The smallest absolute Gasteiger partial charge is 0.154 e. The molecule has 0 radical (unpaired) electrons. The Morgan fingerprint density at radius 3 is 2.83 bits per heavy atom. The maximum Gasteiger partial charge on any atom is 0.154 e. The molecule has 0 amide bonds. The fourth-order valence-corrected chi connectivity index (χ4v) is 1.18. The first kappa shape index (κ1) is 9.19. The van der Waals surface area contributed by atoms with Gasteiger partial charge in [0.1, 0.15) is 4.60 Å². The largest absolute Gasteiger partial charge is 0.234 e. The second kappa shape index (κ2) is 4.21. The summed E-state index contributed by atoms with van der Waals surface area (Å²) in [6.45, 7) is 4.00. The van der Waals surface area contributed by atoms with E-state index in [2.05, 4.69) is 26.0 Å². The molecule has 4 heteroatoms. The molecule has 0 spiro atoms. The number of fused-ring (bicyclic) bond motifs is 1. The summed E-state index contributed by atoms with van der Waals surface area (Å²) in [4.78, 5) is 4.07. The van der Waals surface area contributed by atoms with Gasteiger partial charge in [-0.1, -0.05) is 13.8 Å². The molecule has 0 N–H and O–H groups in total. The quantitative estimate of drug-likeness (QED) is 0.693. The summed E-state index contributed by atoms with van der Waals surface area (Å²) < 4.78 is 2.60. The summed E-state index contributed by atoms with van der Waals surface area (Å²) in [5.74, 6) is 0. The van der Waals surface area contributed by atoms with Gasteiger partial charge in [0.25, 0.3) is 0 Å². The number of rotatable bonds is 0. The molecule has 0 unspecified atom stereocenters. The predicted octanol–water partition coefficient (Wildman–Crippen LogP) is 2.52. The van der Waals surface area contributed by atoms with E-state index in [1.54, 1.807) is 16.9 Å². The van der Waals surface area contributed by atoms with Gasteiger partial charge in [-0.25, -0.2) is 9.50 Å². The molecular weight excluding hydrogens is 218 g/mol. The van der Waals surface area contributed by atoms with Crippen LogP contribution in [-0.4, -0.2) is 14.6 Å². The van der Waals surface area contributed by atoms with Gasteiger partial charge in [-0.3, -0.25) is 0 Å². The van der Waals surface area contributed by atoms with Gasteiger partial charge in [0.05, 0.1) is 6.20 Å². The van der Waals surface area contributed by atoms with Crippen LogP contribution in [0.2, 0.25) is 0 Å². The molecule has 12 heavy (non-hydrogen) atoms. The maximum atomic E-state index is 4.07. The summed E-state index contributed by atoms with van der Waals surface area (Å²) in [6.07, 6.45) is 3.45. The normalized spacial score (nSPS) is 9.25. The lowest BCUT2D eigenvalue weighted by Crippen LogP contribution is -1.88. The molecule has 3 nitrogen and oxygen atoms in total. The Hall–Kier alpha value is -0.900. The Balaban J connectivity index is 0.000000336. The minimum absolute atomic E-state index is 0.856. The fourth-order valence-electron chi connectivity index (χ4n) is 0.800. The summed E-state index contributed by atoms with van der Waals surface area (Å²) >= 11 is 3.30. The highest BCUT2D eigenvalue weighted by Gasteiger charge is 1.96. The first-order chi connectivity index (χ1) is 5.88. The Bertz CT molecular complexity index is 356. The highest BCUT2D eigenvalue weighted by molar-refractivity contribution is 9.10. The molecule has 0 bridgehead atoms. The molecule has 2 rings (SSSR count). The lowest BCUT2D eigenvalue weighted by molar-refractivity contribution is 0.916. The maximum absolute atomic E-state index is 4.07. The van der Waals surface area contributed by atoms with Crippen molar-refractivity contribution < 1.29 is 0 Å². The van der Waals surface area contributed by atoms with Gasteiger partial charge >= 0.3 is 0 Å². The monoisotopic (exact) mass is 227 g/mol. The molecular formula is C8H10BrN3. The molecule has 0 atom stereocenters. The van der Waals surface area contributed by atoms with E-state index in [0.717, 1.165) is 10.3 Å². The lowest BCUT2D eigenvalue weighted by Gasteiger charge is -1.88. The van der Waals surface area contributed by atoms with Crippen LogP contribution >= 0.6 is 15.9 Å². The van der Waals surface area contributed by atoms with E-state index >= 15 is 0 Å². The van der Waals surface area contributed by atoms with Crippen LogP contribution < -0.4 is 0 Å². The van der Waals surface area contributed by atoms with Crippen molar-refractivity contribution in [1.29, 1.82) is 0 Å². The van der Waals surface area contributed by atoms with E-state index < -0.39 is 0 Å². The van der Waals surface area contributed by atoms with Crippen LogP contribution in [0.3, 0.4) is 0 Å². The summed E-state index contributed by atoms with van der Waals surface area (Å²) in [6, 6.07) is 3.76. The van der Waals surface area contributed by atoms with Crippen molar-refractivity contribution >= 4 is 21.6 Å². The van der Waals surface area contributed by atoms with Gasteiger partial charge in [0, 0.05) is 6.20 Å². The minimum atomic E-state index is 0.856.